The monoisotopic (exact) mass is 317 g/mol. The van der Waals surface area contributed by atoms with Crippen LogP contribution in [0.2, 0.25) is 0 Å². The first-order chi connectivity index (χ1) is 11.1. The standard InChI is InChI=1S/C18H27N3O2/c1-18(5-9-21(2)10-6-18)17(22)20-16-13-23-12-15(16)11-14-3-7-19-8-4-14/h3-4,7-8,15-16H,5-6,9-13H2,1-2H3,(H,20,22)/t15-,16+/m1/s1. The normalized spacial score (nSPS) is 27.7. The van der Waals surface area contributed by atoms with E-state index in [1.807, 2.05) is 24.5 Å². The molecule has 0 aliphatic carbocycles. The lowest BCUT2D eigenvalue weighted by Gasteiger charge is -2.37. The number of likely N-dealkylation sites (tertiary alicyclic amines) is 1. The average Bonchev–Trinajstić information content (AvgIpc) is 2.98. The molecule has 0 radical (unpaired) electrons. The van der Waals surface area contributed by atoms with E-state index in [1.165, 1.54) is 5.56 Å². The number of rotatable bonds is 4. The fourth-order valence-electron chi connectivity index (χ4n) is 3.46. The molecular formula is C18H27N3O2. The first kappa shape index (κ1) is 16.4. The third-order valence-electron chi connectivity index (χ3n) is 5.40. The molecule has 2 fully saturated rings. The van der Waals surface area contributed by atoms with Gasteiger partial charge in [-0.2, -0.15) is 0 Å². The summed E-state index contributed by atoms with van der Waals surface area (Å²) in [4.78, 5) is 19.1. The summed E-state index contributed by atoms with van der Waals surface area (Å²) in [5.74, 6) is 0.539. The predicted octanol–water partition coefficient (Wildman–Crippen LogP) is 1.49. The SMILES string of the molecule is CN1CCC(C)(C(=O)N[C@H]2COC[C@H]2Cc2ccncc2)CC1. The van der Waals surface area contributed by atoms with Crippen LogP contribution in [0.4, 0.5) is 0 Å². The van der Waals surface area contributed by atoms with E-state index in [9.17, 15) is 4.79 Å². The Bertz CT molecular complexity index is 526. The van der Waals surface area contributed by atoms with E-state index in [0.717, 1.165) is 32.4 Å². The number of pyridine rings is 1. The molecule has 0 aromatic carbocycles. The van der Waals surface area contributed by atoms with Gasteiger partial charge in [-0.25, -0.2) is 0 Å². The molecule has 2 aliphatic rings. The third kappa shape index (κ3) is 3.90. The molecule has 0 spiro atoms. The number of aromatic nitrogens is 1. The summed E-state index contributed by atoms with van der Waals surface area (Å²) in [6.45, 7) is 5.42. The van der Waals surface area contributed by atoms with Crippen molar-refractivity contribution in [3.05, 3.63) is 30.1 Å². The number of ether oxygens (including phenoxy) is 1. The minimum Gasteiger partial charge on any atom is -0.379 e. The number of amides is 1. The van der Waals surface area contributed by atoms with Gasteiger partial charge in [0.25, 0.3) is 0 Å². The van der Waals surface area contributed by atoms with Crippen LogP contribution in [-0.2, 0) is 16.0 Å². The quantitative estimate of drug-likeness (QED) is 0.914. The molecule has 0 unspecified atom stereocenters. The molecule has 1 amide bonds. The van der Waals surface area contributed by atoms with Crippen molar-refractivity contribution in [2.24, 2.45) is 11.3 Å². The van der Waals surface area contributed by atoms with Gasteiger partial charge in [-0.05, 0) is 57.1 Å². The van der Waals surface area contributed by atoms with Crippen molar-refractivity contribution >= 4 is 5.91 Å². The number of nitrogens with one attached hydrogen (secondary N) is 1. The minimum atomic E-state index is -0.240. The van der Waals surface area contributed by atoms with Gasteiger partial charge in [0.2, 0.25) is 5.91 Å². The maximum atomic E-state index is 12.8. The Kier molecular flexibility index (Phi) is 4.97. The molecule has 0 saturated carbocycles. The van der Waals surface area contributed by atoms with E-state index < -0.39 is 0 Å². The zero-order valence-electron chi connectivity index (χ0n) is 14.1. The lowest BCUT2D eigenvalue weighted by atomic mass is 9.79. The molecule has 0 bridgehead atoms. The maximum absolute atomic E-state index is 12.8. The van der Waals surface area contributed by atoms with Gasteiger partial charge in [-0.3, -0.25) is 9.78 Å². The van der Waals surface area contributed by atoms with Gasteiger partial charge in [-0.15, -0.1) is 0 Å². The van der Waals surface area contributed by atoms with Gasteiger partial charge in [0.15, 0.2) is 0 Å². The highest BCUT2D eigenvalue weighted by Crippen LogP contribution is 2.31. The Morgan fingerprint density at radius 3 is 2.74 bits per heavy atom. The Morgan fingerprint density at radius 2 is 2.04 bits per heavy atom. The van der Waals surface area contributed by atoms with Crippen LogP contribution in [0, 0.1) is 11.3 Å². The highest BCUT2D eigenvalue weighted by atomic mass is 16.5. The number of carbonyl (C=O) groups is 1. The molecule has 1 N–H and O–H groups in total. The van der Waals surface area contributed by atoms with E-state index in [1.54, 1.807) is 0 Å². The highest BCUT2D eigenvalue weighted by molar-refractivity contribution is 5.82. The summed E-state index contributed by atoms with van der Waals surface area (Å²) in [6.07, 6.45) is 6.42. The molecule has 2 atom stereocenters. The summed E-state index contributed by atoms with van der Waals surface area (Å²) < 4.78 is 5.64. The minimum absolute atomic E-state index is 0.118. The Balaban J connectivity index is 1.59. The van der Waals surface area contributed by atoms with Crippen molar-refractivity contribution in [2.75, 3.05) is 33.4 Å². The van der Waals surface area contributed by atoms with Crippen LogP contribution in [0.15, 0.2) is 24.5 Å². The zero-order valence-corrected chi connectivity index (χ0v) is 14.1. The van der Waals surface area contributed by atoms with E-state index in [2.05, 4.69) is 29.2 Å². The van der Waals surface area contributed by atoms with Gasteiger partial charge in [0.05, 0.1) is 19.3 Å². The fourth-order valence-corrected chi connectivity index (χ4v) is 3.46. The molecule has 1 aromatic heterocycles. The number of carbonyl (C=O) groups excluding carboxylic acids is 1. The Hall–Kier alpha value is -1.46. The van der Waals surface area contributed by atoms with Crippen LogP contribution < -0.4 is 5.32 Å². The van der Waals surface area contributed by atoms with Gasteiger partial charge in [0, 0.05) is 23.7 Å². The second kappa shape index (κ2) is 6.97. The van der Waals surface area contributed by atoms with Crippen LogP contribution >= 0.6 is 0 Å². The van der Waals surface area contributed by atoms with Crippen LogP contribution in [0.25, 0.3) is 0 Å². The molecule has 5 nitrogen and oxygen atoms in total. The van der Waals surface area contributed by atoms with E-state index in [0.29, 0.717) is 19.1 Å². The van der Waals surface area contributed by atoms with E-state index in [-0.39, 0.29) is 17.4 Å². The smallest absolute Gasteiger partial charge is 0.226 e. The number of piperidine rings is 1. The molecule has 1 aromatic rings. The molecule has 2 aliphatic heterocycles. The second-order valence-electron chi connectivity index (χ2n) is 7.30. The summed E-state index contributed by atoms with van der Waals surface area (Å²) >= 11 is 0. The van der Waals surface area contributed by atoms with Crippen LogP contribution in [0.3, 0.4) is 0 Å². The first-order valence-corrected chi connectivity index (χ1v) is 8.53. The molecule has 2 saturated heterocycles. The lowest BCUT2D eigenvalue weighted by Crippen LogP contribution is -2.51. The van der Waals surface area contributed by atoms with Gasteiger partial charge in [-0.1, -0.05) is 6.92 Å². The van der Waals surface area contributed by atoms with Crippen molar-refractivity contribution in [1.82, 2.24) is 15.2 Å². The Morgan fingerprint density at radius 1 is 1.35 bits per heavy atom. The molecule has 23 heavy (non-hydrogen) atoms. The highest BCUT2D eigenvalue weighted by Gasteiger charge is 2.39. The van der Waals surface area contributed by atoms with Crippen molar-refractivity contribution < 1.29 is 9.53 Å². The number of hydrogen-bond acceptors (Lipinski definition) is 4. The van der Waals surface area contributed by atoms with Gasteiger partial charge < -0.3 is 15.0 Å². The topological polar surface area (TPSA) is 54.5 Å². The lowest BCUT2D eigenvalue weighted by molar-refractivity contribution is -0.133. The Labute approximate surface area is 138 Å². The number of nitrogens with zero attached hydrogens (tertiary/aromatic N) is 2. The maximum Gasteiger partial charge on any atom is 0.226 e. The first-order valence-electron chi connectivity index (χ1n) is 8.53. The van der Waals surface area contributed by atoms with Crippen molar-refractivity contribution in [3.8, 4) is 0 Å². The summed E-state index contributed by atoms with van der Waals surface area (Å²) in [6, 6.07) is 4.19. The van der Waals surface area contributed by atoms with Crippen LogP contribution in [0.1, 0.15) is 25.3 Å². The summed E-state index contributed by atoms with van der Waals surface area (Å²) in [5, 5.41) is 3.28. The second-order valence-corrected chi connectivity index (χ2v) is 7.30. The molecule has 5 heteroatoms. The fraction of sp³-hybridized carbons (Fsp3) is 0.667. The largest absolute Gasteiger partial charge is 0.379 e. The number of hydrogen-bond donors (Lipinski definition) is 1. The molecule has 126 valence electrons. The van der Waals surface area contributed by atoms with Crippen LogP contribution in [0.5, 0.6) is 0 Å². The molecule has 3 heterocycles. The van der Waals surface area contributed by atoms with Crippen molar-refractivity contribution in [1.29, 1.82) is 0 Å². The van der Waals surface area contributed by atoms with Crippen molar-refractivity contribution in [2.45, 2.75) is 32.2 Å². The van der Waals surface area contributed by atoms with E-state index in [4.69, 9.17) is 4.74 Å². The van der Waals surface area contributed by atoms with Gasteiger partial charge in [0.1, 0.15) is 0 Å². The summed E-state index contributed by atoms with van der Waals surface area (Å²) in [5.41, 5.74) is 1.01. The van der Waals surface area contributed by atoms with Crippen molar-refractivity contribution in [3.63, 3.8) is 0 Å². The van der Waals surface area contributed by atoms with Crippen LogP contribution in [-0.4, -0.2) is 55.2 Å². The molecular weight excluding hydrogens is 290 g/mol. The molecule has 3 rings (SSSR count). The zero-order chi connectivity index (χ0) is 16.3. The van der Waals surface area contributed by atoms with Gasteiger partial charge >= 0.3 is 0 Å². The average molecular weight is 317 g/mol. The predicted molar refractivity (Wildman–Crippen MR) is 89.0 cm³/mol. The van der Waals surface area contributed by atoms with E-state index >= 15 is 0 Å². The third-order valence-corrected chi connectivity index (χ3v) is 5.40. The summed E-state index contributed by atoms with van der Waals surface area (Å²) in [7, 11) is 2.12.